The van der Waals surface area contributed by atoms with Gasteiger partial charge in [0, 0.05) is 18.7 Å². The molecule has 0 saturated carbocycles. The second-order valence-electron chi connectivity index (χ2n) is 5.49. The Morgan fingerprint density at radius 3 is 2.58 bits per heavy atom. The molecule has 0 aliphatic carbocycles. The maximum absolute atomic E-state index is 13.1. The fourth-order valence-electron chi connectivity index (χ4n) is 2.13. The molecule has 0 heterocycles. The van der Waals surface area contributed by atoms with Gasteiger partial charge in [-0.1, -0.05) is 12.1 Å². The third-order valence-corrected chi connectivity index (χ3v) is 3.53. The molecular formula is C18H21F2NO3. The smallest absolute Gasteiger partial charge is 0.162 e. The summed E-state index contributed by atoms with van der Waals surface area (Å²) in [5, 5.41) is 13.3. The number of benzene rings is 2. The van der Waals surface area contributed by atoms with Gasteiger partial charge in [-0.2, -0.15) is 0 Å². The summed E-state index contributed by atoms with van der Waals surface area (Å²) < 4.78 is 36.5. The molecular weight excluding hydrogens is 316 g/mol. The van der Waals surface area contributed by atoms with Gasteiger partial charge in [0.15, 0.2) is 11.6 Å². The van der Waals surface area contributed by atoms with Crippen molar-refractivity contribution in [3.63, 3.8) is 0 Å². The zero-order valence-electron chi connectivity index (χ0n) is 13.6. The molecule has 0 spiro atoms. The molecule has 0 aromatic heterocycles. The summed E-state index contributed by atoms with van der Waals surface area (Å²) >= 11 is 0. The van der Waals surface area contributed by atoms with Gasteiger partial charge < -0.3 is 19.9 Å². The summed E-state index contributed by atoms with van der Waals surface area (Å²) in [6.07, 6.45) is -0.689. The zero-order valence-corrected chi connectivity index (χ0v) is 13.6. The molecule has 24 heavy (non-hydrogen) atoms. The number of aliphatic hydroxyl groups is 1. The van der Waals surface area contributed by atoms with Crippen LogP contribution in [-0.2, 0) is 0 Å². The number of aliphatic hydroxyl groups excluding tert-OH is 1. The molecule has 2 aromatic carbocycles. The van der Waals surface area contributed by atoms with Crippen molar-refractivity contribution in [2.75, 3.05) is 20.3 Å². The van der Waals surface area contributed by atoms with E-state index in [0.29, 0.717) is 12.3 Å². The Morgan fingerprint density at radius 2 is 1.88 bits per heavy atom. The highest BCUT2D eigenvalue weighted by molar-refractivity contribution is 5.30. The Kier molecular flexibility index (Phi) is 6.52. The second kappa shape index (κ2) is 8.61. The average Bonchev–Trinajstić information content (AvgIpc) is 2.60. The number of hydrogen-bond acceptors (Lipinski definition) is 4. The van der Waals surface area contributed by atoms with E-state index in [1.54, 1.807) is 13.2 Å². The highest BCUT2D eigenvalue weighted by Gasteiger charge is 2.11. The van der Waals surface area contributed by atoms with Crippen LogP contribution in [0.25, 0.3) is 0 Å². The fraction of sp³-hybridized carbons (Fsp3) is 0.333. The summed E-state index contributed by atoms with van der Waals surface area (Å²) in [6.45, 7) is 2.46. The summed E-state index contributed by atoms with van der Waals surface area (Å²) in [5.74, 6) is -0.909. The lowest BCUT2D eigenvalue weighted by molar-refractivity contribution is 0.163. The van der Waals surface area contributed by atoms with E-state index in [0.717, 1.165) is 17.7 Å². The van der Waals surface area contributed by atoms with Crippen LogP contribution >= 0.6 is 0 Å². The molecule has 0 radical (unpaired) electrons. The van der Waals surface area contributed by atoms with Gasteiger partial charge >= 0.3 is 0 Å². The Hall–Kier alpha value is -2.18. The summed E-state index contributed by atoms with van der Waals surface area (Å²) in [5.41, 5.74) is 0.746. The molecule has 0 fully saturated rings. The topological polar surface area (TPSA) is 50.7 Å². The number of rotatable bonds is 8. The van der Waals surface area contributed by atoms with E-state index in [1.807, 2.05) is 25.1 Å². The average molecular weight is 337 g/mol. The van der Waals surface area contributed by atoms with E-state index in [2.05, 4.69) is 5.32 Å². The van der Waals surface area contributed by atoms with Crippen LogP contribution in [-0.4, -0.2) is 31.4 Å². The lowest BCUT2D eigenvalue weighted by atomic mass is 10.1. The molecule has 2 unspecified atom stereocenters. The molecule has 2 rings (SSSR count). The van der Waals surface area contributed by atoms with Crippen LogP contribution in [0.1, 0.15) is 18.6 Å². The number of halogens is 2. The maximum atomic E-state index is 13.1. The van der Waals surface area contributed by atoms with Crippen molar-refractivity contribution in [1.82, 2.24) is 5.32 Å². The van der Waals surface area contributed by atoms with E-state index in [4.69, 9.17) is 9.47 Å². The van der Waals surface area contributed by atoms with Gasteiger partial charge in [0.1, 0.15) is 18.1 Å². The molecule has 2 aromatic rings. The molecule has 2 atom stereocenters. The van der Waals surface area contributed by atoms with Crippen LogP contribution in [0.2, 0.25) is 0 Å². The molecule has 0 saturated heterocycles. The molecule has 0 bridgehead atoms. The van der Waals surface area contributed by atoms with Crippen molar-refractivity contribution >= 4 is 0 Å². The lowest BCUT2D eigenvalue weighted by Gasteiger charge is -2.18. The zero-order chi connectivity index (χ0) is 17.5. The van der Waals surface area contributed by atoms with E-state index in [-0.39, 0.29) is 18.4 Å². The van der Waals surface area contributed by atoms with Gasteiger partial charge in [-0.25, -0.2) is 8.78 Å². The number of nitrogens with one attached hydrogen (secondary N) is 1. The minimum absolute atomic E-state index is 0.0848. The predicted molar refractivity (Wildman–Crippen MR) is 87.3 cm³/mol. The molecule has 6 heteroatoms. The van der Waals surface area contributed by atoms with Gasteiger partial charge in [0.2, 0.25) is 0 Å². The first-order valence-electron chi connectivity index (χ1n) is 7.63. The predicted octanol–water partition coefficient (Wildman–Crippen LogP) is 3.06. The van der Waals surface area contributed by atoms with Crippen LogP contribution in [0.4, 0.5) is 8.78 Å². The van der Waals surface area contributed by atoms with Gasteiger partial charge in [0.05, 0.1) is 13.2 Å². The van der Waals surface area contributed by atoms with Gasteiger partial charge in [-0.05, 0) is 36.8 Å². The van der Waals surface area contributed by atoms with Crippen molar-refractivity contribution in [2.24, 2.45) is 0 Å². The first kappa shape index (κ1) is 18.2. The highest BCUT2D eigenvalue weighted by atomic mass is 19.2. The van der Waals surface area contributed by atoms with Crippen LogP contribution in [0.15, 0.2) is 42.5 Å². The SMILES string of the molecule is COc1cccc(C(O)CNC(C)COc2ccc(F)c(F)c2)c1. The number of methoxy groups -OCH3 is 1. The van der Waals surface area contributed by atoms with Crippen molar-refractivity contribution in [3.8, 4) is 11.5 Å². The number of hydrogen-bond donors (Lipinski definition) is 2. The van der Waals surface area contributed by atoms with E-state index < -0.39 is 17.7 Å². The standard InChI is InChI=1S/C18H21F2NO3/c1-12(11-24-15-6-7-16(19)17(20)9-15)21-10-18(22)13-4-3-5-14(8-13)23-2/h3-9,12,18,21-22H,10-11H2,1-2H3. The third kappa shape index (κ3) is 5.18. The molecule has 2 N–H and O–H groups in total. The first-order chi connectivity index (χ1) is 11.5. The molecule has 0 amide bonds. The van der Waals surface area contributed by atoms with Gasteiger partial charge in [-0.3, -0.25) is 0 Å². The molecule has 130 valence electrons. The van der Waals surface area contributed by atoms with Gasteiger partial charge in [-0.15, -0.1) is 0 Å². The molecule has 0 aliphatic heterocycles. The number of ether oxygens (including phenoxy) is 2. The summed E-state index contributed by atoms with van der Waals surface area (Å²) in [4.78, 5) is 0. The Balaban J connectivity index is 1.79. The molecule has 0 aliphatic rings. The first-order valence-corrected chi connectivity index (χ1v) is 7.63. The quantitative estimate of drug-likeness (QED) is 0.777. The van der Waals surface area contributed by atoms with Crippen LogP contribution < -0.4 is 14.8 Å². The van der Waals surface area contributed by atoms with Crippen molar-refractivity contribution in [2.45, 2.75) is 19.1 Å². The highest BCUT2D eigenvalue weighted by Crippen LogP contribution is 2.19. The van der Waals surface area contributed by atoms with Crippen molar-refractivity contribution < 1.29 is 23.4 Å². The van der Waals surface area contributed by atoms with Gasteiger partial charge in [0.25, 0.3) is 0 Å². The van der Waals surface area contributed by atoms with E-state index in [9.17, 15) is 13.9 Å². The Morgan fingerprint density at radius 1 is 1.08 bits per heavy atom. The minimum Gasteiger partial charge on any atom is -0.497 e. The van der Waals surface area contributed by atoms with Crippen LogP contribution in [0.3, 0.4) is 0 Å². The van der Waals surface area contributed by atoms with E-state index in [1.165, 1.54) is 6.07 Å². The largest absolute Gasteiger partial charge is 0.497 e. The normalized spacial score (nSPS) is 13.4. The Labute approximate surface area is 140 Å². The van der Waals surface area contributed by atoms with Crippen molar-refractivity contribution in [3.05, 3.63) is 59.7 Å². The monoisotopic (exact) mass is 337 g/mol. The lowest BCUT2D eigenvalue weighted by Crippen LogP contribution is -2.34. The second-order valence-corrected chi connectivity index (χ2v) is 5.49. The Bertz CT molecular complexity index is 666. The minimum atomic E-state index is -0.943. The van der Waals surface area contributed by atoms with Crippen LogP contribution in [0, 0.1) is 11.6 Å². The molecule has 4 nitrogen and oxygen atoms in total. The maximum Gasteiger partial charge on any atom is 0.162 e. The summed E-state index contributed by atoms with van der Waals surface area (Å²) in [7, 11) is 1.57. The fourth-order valence-corrected chi connectivity index (χ4v) is 2.13. The van der Waals surface area contributed by atoms with E-state index >= 15 is 0 Å². The third-order valence-electron chi connectivity index (χ3n) is 3.53. The van der Waals surface area contributed by atoms with Crippen molar-refractivity contribution in [1.29, 1.82) is 0 Å². The summed E-state index contributed by atoms with van der Waals surface area (Å²) in [6, 6.07) is 10.5. The van der Waals surface area contributed by atoms with Crippen LogP contribution in [0.5, 0.6) is 11.5 Å².